The number of hydrogen-bond donors (Lipinski definition) is 2. The molecule has 2 N–H and O–H groups in total. The van der Waals surface area contributed by atoms with Gasteiger partial charge >= 0.3 is 0 Å². The minimum Gasteiger partial charge on any atom is -0.389 e. The Morgan fingerprint density at radius 1 is 1.26 bits per heavy atom. The average molecular weight is 271 g/mol. The minimum absolute atomic E-state index is 0.278. The van der Waals surface area contributed by atoms with Crippen molar-refractivity contribution >= 4 is 0 Å². The Labute approximate surface area is 113 Å². The summed E-state index contributed by atoms with van der Waals surface area (Å²) in [7, 11) is 0. The van der Waals surface area contributed by atoms with Crippen LogP contribution < -0.4 is 5.32 Å². The lowest BCUT2D eigenvalue weighted by atomic mass is 9.94. The number of nitrogens with one attached hydrogen (secondary N) is 1. The maximum Gasteiger partial charge on any atom is 0.128 e. The van der Waals surface area contributed by atoms with Gasteiger partial charge in [-0.15, -0.1) is 0 Å². The van der Waals surface area contributed by atoms with E-state index in [-0.39, 0.29) is 11.6 Å². The third-order valence-electron chi connectivity index (χ3n) is 3.06. The third-order valence-corrected chi connectivity index (χ3v) is 3.06. The van der Waals surface area contributed by atoms with E-state index in [1.807, 2.05) is 13.8 Å². The summed E-state index contributed by atoms with van der Waals surface area (Å²) in [5, 5.41) is 13.2. The van der Waals surface area contributed by atoms with Gasteiger partial charge < -0.3 is 10.4 Å². The zero-order valence-corrected chi connectivity index (χ0v) is 12.0. The molecule has 19 heavy (non-hydrogen) atoms. The molecule has 0 radical (unpaired) electrons. The van der Waals surface area contributed by atoms with Crippen molar-refractivity contribution in [2.45, 2.75) is 45.8 Å². The molecular weight excluding hydrogens is 248 g/mol. The highest BCUT2D eigenvalue weighted by molar-refractivity contribution is 5.21. The van der Waals surface area contributed by atoms with Crippen LogP contribution in [0.2, 0.25) is 0 Å². The number of aliphatic hydroxyl groups is 1. The molecule has 2 atom stereocenters. The SMILES string of the molecule is CC(C)CC(C)(O)CNC(C)c1cc(F)ccc1F. The molecule has 2 unspecified atom stereocenters. The fourth-order valence-electron chi connectivity index (χ4n) is 2.28. The van der Waals surface area contributed by atoms with E-state index in [1.54, 1.807) is 13.8 Å². The van der Waals surface area contributed by atoms with Crippen LogP contribution in [0.3, 0.4) is 0 Å². The molecular formula is C15H23F2NO. The molecule has 0 fully saturated rings. The second-order valence-corrected chi connectivity index (χ2v) is 5.86. The summed E-state index contributed by atoms with van der Waals surface area (Å²) in [6, 6.07) is 3.05. The van der Waals surface area contributed by atoms with Crippen molar-refractivity contribution < 1.29 is 13.9 Å². The van der Waals surface area contributed by atoms with Crippen molar-refractivity contribution in [3.63, 3.8) is 0 Å². The van der Waals surface area contributed by atoms with Crippen molar-refractivity contribution in [2.75, 3.05) is 6.54 Å². The van der Waals surface area contributed by atoms with Gasteiger partial charge in [0.05, 0.1) is 5.60 Å². The first-order valence-corrected chi connectivity index (χ1v) is 6.62. The van der Waals surface area contributed by atoms with Gasteiger partial charge in [0.25, 0.3) is 0 Å². The monoisotopic (exact) mass is 271 g/mol. The summed E-state index contributed by atoms with van der Waals surface area (Å²) >= 11 is 0. The van der Waals surface area contributed by atoms with E-state index >= 15 is 0 Å². The highest BCUT2D eigenvalue weighted by Gasteiger charge is 2.23. The predicted molar refractivity (Wildman–Crippen MR) is 72.9 cm³/mol. The largest absolute Gasteiger partial charge is 0.389 e. The Morgan fingerprint density at radius 3 is 2.47 bits per heavy atom. The second kappa shape index (κ2) is 6.44. The smallest absolute Gasteiger partial charge is 0.128 e. The Bertz CT molecular complexity index is 419. The van der Waals surface area contributed by atoms with Crippen molar-refractivity contribution in [1.82, 2.24) is 5.32 Å². The number of rotatable bonds is 6. The molecule has 0 bridgehead atoms. The van der Waals surface area contributed by atoms with Crippen LogP contribution in [0.5, 0.6) is 0 Å². The predicted octanol–water partition coefficient (Wildman–Crippen LogP) is 3.41. The fourth-order valence-corrected chi connectivity index (χ4v) is 2.28. The lowest BCUT2D eigenvalue weighted by Gasteiger charge is -2.28. The zero-order valence-electron chi connectivity index (χ0n) is 12.0. The van der Waals surface area contributed by atoms with Crippen LogP contribution in [0, 0.1) is 17.6 Å². The topological polar surface area (TPSA) is 32.3 Å². The summed E-state index contributed by atoms with van der Waals surface area (Å²) in [6.07, 6.45) is 0.651. The van der Waals surface area contributed by atoms with E-state index in [1.165, 1.54) is 6.07 Å². The van der Waals surface area contributed by atoms with E-state index < -0.39 is 17.2 Å². The standard InChI is InChI=1S/C15H23F2NO/c1-10(2)8-15(4,19)9-18-11(3)13-7-12(16)5-6-14(13)17/h5-7,10-11,18-19H,8-9H2,1-4H3. The zero-order chi connectivity index (χ0) is 14.6. The Balaban J connectivity index is 2.65. The quantitative estimate of drug-likeness (QED) is 0.831. The Kier molecular flexibility index (Phi) is 5.44. The van der Waals surface area contributed by atoms with E-state index in [0.717, 1.165) is 12.1 Å². The molecule has 0 aliphatic heterocycles. The Hall–Kier alpha value is -1.00. The molecule has 1 rings (SSSR count). The second-order valence-electron chi connectivity index (χ2n) is 5.86. The lowest BCUT2D eigenvalue weighted by molar-refractivity contribution is 0.0362. The van der Waals surface area contributed by atoms with Crippen LogP contribution in [0.25, 0.3) is 0 Å². The van der Waals surface area contributed by atoms with Crippen molar-refractivity contribution in [2.24, 2.45) is 5.92 Å². The first kappa shape index (κ1) is 16.1. The summed E-state index contributed by atoms with van der Waals surface area (Å²) in [4.78, 5) is 0. The summed E-state index contributed by atoms with van der Waals surface area (Å²) in [6.45, 7) is 7.90. The summed E-state index contributed by atoms with van der Waals surface area (Å²) in [5.41, 5.74) is -0.577. The van der Waals surface area contributed by atoms with Crippen LogP contribution >= 0.6 is 0 Å². The van der Waals surface area contributed by atoms with Gasteiger partial charge in [0, 0.05) is 18.2 Å². The highest BCUT2D eigenvalue weighted by atomic mass is 19.1. The first-order valence-electron chi connectivity index (χ1n) is 6.62. The van der Waals surface area contributed by atoms with Crippen molar-refractivity contribution in [1.29, 1.82) is 0 Å². The first-order chi connectivity index (χ1) is 8.71. The molecule has 108 valence electrons. The van der Waals surface area contributed by atoms with Gasteiger partial charge in [0.15, 0.2) is 0 Å². The van der Waals surface area contributed by atoms with Gasteiger partial charge in [0.2, 0.25) is 0 Å². The van der Waals surface area contributed by atoms with Gasteiger partial charge in [-0.2, -0.15) is 0 Å². The fraction of sp³-hybridized carbons (Fsp3) is 0.600. The highest BCUT2D eigenvalue weighted by Crippen LogP contribution is 2.20. The van der Waals surface area contributed by atoms with Gasteiger partial charge in [-0.1, -0.05) is 13.8 Å². The number of hydrogen-bond acceptors (Lipinski definition) is 2. The maximum absolute atomic E-state index is 13.6. The van der Waals surface area contributed by atoms with Crippen molar-refractivity contribution in [3.8, 4) is 0 Å². The van der Waals surface area contributed by atoms with Crippen molar-refractivity contribution in [3.05, 3.63) is 35.4 Å². The average Bonchev–Trinajstić information content (AvgIpc) is 2.27. The molecule has 0 spiro atoms. The molecule has 0 amide bonds. The molecule has 0 saturated heterocycles. The molecule has 0 aliphatic rings. The normalized spacial score (nSPS) is 16.4. The van der Waals surface area contributed by atoms with Crippen LogP contribution in [-0.4, -0.2) is 17.3 Å². The summed E-state index contributed by atoms with van der Waals surface area (Å²) < 4.78 is 26.7. The minimum atomic E-state index is -0.855. The van der Waals surface area contributed by atoms with Gasteiger partial charge in [-0.25, -0.2) is 8.78 Å². The van der Waals surface area contributed by atoms with Crippen LogP contribution in [-0.2, 0) is 0 Å². The molecule has 4 heteroatoms. The maximum atomic E-state index is 13.6. The lowest BCUT2D eigenvalue weighted by Crippen LogP contribution is -2.40. The van der Waals surface area contributed by atoms with E-state index in [2.05, 4.69) is 5.32 Å². The Morgan fingerprint density at radius 2 is 1.89 bits per heavy atom. The summed E-state index contributed by atoms with van der Waals surface area (Å²) in [5.74, 6) is -0.526. The molecule has 2 nitrogen and oxygen atoms in total. The molecule has 0 saturated carbocycles. The number of benzene rings is 1. The van der Waals surface area contributed by atoms with E-state index in [4.69, 9.17) is 0 Å². The van der Waals surface area contributed by atoms with E-state index in [0.29, 0.717) is 18.9 Å². The molecule has 0 aromatic heterocycles. The molecule has 0 aliphatic carbocycles. The van der Waals surface area contributed by atoms with E-state index in [9.17, 15) is 13.9 Å². The number of halogens is 2. The molecule has 1 aromatic rings. The molecule has 1 aromatic carbocycles. The van der Waals surface area contributed by atoms with Crippen LogP contribution in [0.1, 0.15) is 45.7 Å². The van der Waals surface area contributed by atoms with Gasteiger partial charge in [-0.05, 0) is 44.4 Å². The van der Waals surface area contributed by atoms with Gasteiger partial charge in [0.1, 0.15) is 11.6 Å². The third kappa shape index (κ3) is 5.25. The van der Waals surface area contributed by atoms with Gasteiger partial charge in [-0.3, -0.25) is 0 Å². The van der Waals surface area contributed by atoms with Crippen LogP contribution in [0.4, 0.5) is 8.78 Å². The molecule has 0 heterocycles. The van der Waals surface area contributed by atoms with Crippen LogP contribution in [0.15, 0.2) is 18.2 Å².